The summed E-state index contributed by atoms with van der Waals surface area (Å²) in [5.41, 5.74) is 1.00. The van der Waals surface area contributed by atoms with Gasteiger partial charge in [0.2, 0.25) is 10.0 Å². The van der Waals surface area contributed by atoms with E-state index in [-0.39, 0.29) is 6.04 Å². The third-order valence-electron chi connectivity index (χ3n) is 3.98. The molecular weight excluding hydrogens is 330 g/mol. The van der Waals surface area contributed by atoms with Crippen LogP contribution in [0, 0.1) is 0 Å². The second-order valence-electron chi connectivity index (χ2n) is 5.77. The van der Waals surface area contributed by atoms with Crippen molar-refractivity contribution in [1.82, 2.24) is 14.9 Å². The van der Waals surface area contributed by atoms with Gasteiger partial charge in [-0.25, -0.2) is 8.42 Å². The molecule has 0 bridgehead atoms. The van der Waals surface area contributed by atoms with E-state index in [4.69, 9.17) is 12.2 Å². The van der Waals surface area contributed by atoms with E-state index in [2.05, 4.69) is 10.6 Å². The third kappa shape index (κ3) is 4.65. The maximum atomic E-state index is 12.5. The Balaban J connectivity index is 2.04. The molecule has 1 aromatic carbocycles. The van der Waals surface area contributed by atoms with E-state index in [1.54, 1.807) is 12.1 Å². The summed E-state index contributed by atoms with van der Waals surface area (Å²) in [7, 11) is -3.40. The van der Waals surface area contributed by atoms with Crippen molar-refractivity contribution in [2.75, 3.05) is 13.1 Å². The first kappa shape index (κ1) is 18.2. The summed E-state index contributed by atoms with van der Waals surface area (Å²) in [5, 5.41) is 7.12. The van der Waals surface area contributed by atoms with Gasteiger partial charge in [0, 0.05) is 19.1 Å². The number of sulfonamides is 1. The SMILES string of the molecule is CCN(CC)S(=O)(=O)c1ccc([C@@H](C)NC(=S)NC2CC2)cc1. The van der Waals surface area contributed by atoms with Crippen molar-refractivity contribution < 1.29 is 8.42 Å². The predicted molar refractivity (Wildman–Crippen MR) is 96.9 cm³/mol. The number of hydrogen-bond acceptors (Lipinski definition) is 3. The number of hydrogen-bond donors (Lipinski definition) is 2. The van der Waals surface area contributed by atoms with Crippen LogP contribution in [0.25, 0.3) is 0 Å². The normalized spacial score (nSPS) is 16.2. The topological polar surface area (TPSA) is 61.4 Å². The molecule has 2 N–H and O–H groups in total. The predicted octanol–water partition coefficient (Wildman–Crippen LogP) is 2.40. The number of thiocarbonyl (C=S) groups is 1. The van der Waals surface area contributed by atoms with E-state index < -0.39 is 10.0 Å². The average molecular weight is 356 g/mol. The van der Waals surface area contributed by atoms with Crippen molar-refractivity contribution in [3.05, 3.63) is 29.8 Å². The minimum absolute atomic E-state index is 0.0268. The third-order valence-corrected chi connectivity index (χ3v) is 6.28. The first-order valence-electron chi connectivity index (χ1n) is 8.05. The molecule has 1 fully saturated rings. The Morgan fingerprint density at radius 3 is 2.30 bits per heavy atom. The molecule has 1 aliphatic carbocycles. The van der Waals surface area contributed by atoms with Crippen LogP contribution < -0.4 is 10.6 Å². The van der Waals surface area contributed by atoms with Gasteiger partial charge in [-0.3, -0.25) is 0 Å². The van der Waals surface area contributed by atoms with Gasteiger partial charge in [0.25, 0.3) is 0 Å². The Kier molecular flexibility index (Phi) is 6.00. The van der Waals surface area contributed by atoms with Gasteiger partial charge in [0.1, 0.15) is 0 Å². The summed E-state index contributed by atoms with van der Waals surface area (Å²) >= 11 is 5.27. The van der Waals surface area contributed by atoms with Gasteiger partial charge in [0.05, 0.1) is 10.9 Å². The van der Waals surface area contributed by atoms with Crippen LogP contribution in [-0.2, 0) is 10.0 Å². The second kappa shape index (κ2) is 7.59. The molecule has 0 aromatic heterocycles. The summed E-state index contributed by atoms with van der Waals surface area (Å²) in [6, 6.07) is 7.56. The highest BCUT2D eigenvalue weighted by molar-refractivity contribution is 7.89. The Bertz CT molecular complexity index is 636. The lowest BCUT2D eigenvalue weighted by Crippen LogP contribution is -2.37. The van der Waals surface area contributed by atoms with Gasteiger partial charge in [-0.1, -0.05) is 26.0 Å². The number of rotatable bonds is 7. The van der Waals surface area contributed by atoms with E-state index in [0.29, 0.717) is 29.1 Å². The van der Waals surface area contributed by atoms with Gasteiger partial charge in [0.15, 0.2) is 5.11 Å². The van der Waals surface area contributed by atoms with Crippen molar-refractivity contribution >= 4 is 27.4 Å². The highest BCUT2D eigenvalue weighted by Crippen LogP contribution is 2.21. The Hall–Kier alpha value is -1.18. The van der Waals surface area contributed by atoms with E-state index in [0.717, 1.165) is 5.56 Å². The zero-order chi connectivity index (χ0) is 17.0. The van der Waals surface area contributed by atoms with E-state index in [9.17, 15) is 8.42 Å². The monoisotopic (exact) mass is 355 g/mol. The molecule has 0 unspecified atom stereocenters. The lowest BCUT2D eigenvalue weighted by Gasteiger charge is -2.20. The molecule has 0 amide bonds. The molecule has 1 aromatic rings. The summed E-state index contributed by atoms with van der Waals surface area (Å²) in [4.78, 5) is 0.329. The van der Waals surface area contributed by atoms with Crippen LogP contribution in [-0.4, -0.2) is 37.0 Å². The van der Waals surface area contributed by atoms with Crippen molar-refractivity contribution in [2.24, 2.45) is 0 Å². The van der Waals surface area contributed by atoms with E-state index >= 15 is 0 Å². The molecule has 1 aliphatic rings. The van der Waals surface area contributed by atoms with Crippen molar-refractivity contribution in [3.8, 4) is 0 Å². The molecule has 0 heterocycles. The van der Waals surface area contributed by atoms with Crippen LogP contribution in [0.5, 0.6) is 0 Å². The highest BCUT2D eigenvalue weighted by atomic mass is 32.2. The molecule has 1 atom stereocenters. The minimum Gasteiger partial charge on any atom is -0.360 e. The lowest BCUT2D eigenvalue weighted by atomic mass is 10.1. The fourth-order valence-corrected chi connectivity index (χ4v) is 4.18. The van der Waals surface area contributed by atoms with E-state index in [1.165, 1.54) is 17.1 Å². The van der Waals surface area contributed by atoms with Crippen molar-refractivity contribution in [3.63, 3.8) is 0 Å². The van der Waals surface area contributed by atoms with Crippen LogP contribution in [0.1, 0.15) is 45.2 Å². The standard InChI is InChI=1S/C16H25N3O2S2/c1-4-19(5-2)23(20,21)15-10-6-13(7-11-15)12(3)17-16(22)18-14-8-9-14/h6-7,10-12,14H,4-5,8-9H2,1-3H3,(H2,17,18,22)/t12-/m1/s1. The zero-order valence-electron chi connectivity index (χ0n) is 13.9. The molecule has 0 spiro atoms. The Morgan fingerprint density at radius 2 is 1.83 bits per heavy atom. The molecule has 1 saturated carbocycles. The minimum atomic E-state index is -3.40. The molecule has 2 rings (SSSR count). The van der Waals surface area contributed by atoms with Crippen LogP contribution in [0.2, 0.25) is 0 Å². The van der Waals surface area contributed by atoms with Crippen LogP contribution >= 0.6 is 12.2 Å². The maximum absolute atomic E-state index is 12.5. The quantitative estimate of drug-likeness (QED) is 0.736. The number of nitrogens with one attached hydrogen (secondary N) is 2. The van der Waals surface area contributed by atoms with Gasteiger partial charge >= 0.3 is 0 Å². The first-order chi connectivity index (χ1) is 10.9. The zero-order valence-corrected chi connectivity index (χ0v) is 15.5. The van der Waals surface area contributed by atoms with E-state index in [1.807, 2.05) is 32.9 Å². The number of nitrogens with zero attached hydrogens (tertiary/aromatic N) is 1. The molecule has 128 valence electrons. The van der Waals surface area contributed by atoms with Crippen LogP contribution in [0.3, 0.4) is 0 Å². The van der Waals surface area contributed by atoms with Gasteiger partial charge < -0.3 is 10.6 Å². The summed E-state index contributed by atoms with van der Waals surface area (Å²) in [6.45, 7) is 6.64. The van der Waals surface area contributed by atoms with Crippen LogP contribution in [0.15, 0.2) is 29.2 Å². The van der Waals surface area contributed by atoms with Crippen molar-refractivity contribution in [2.45, 2.75) is 50.6 Å². The van der Waals surface area contributed by atoms with Gasteiger partial charge in [-0.05, 0) is 49.7 Å². The highest BCUT2D eigenvalue weighted by Gasteiger charge is 2.23. The fourth-order valence-electron chi connectivity index (χ4n) is 2.38. The molecule has 7 heteroatoms. The smallest absolute Gasteiger partial charge is 0.243 e. The summed E-state index contributed by atoms with van der Waals surface area (Å²) < 4.78 is 26.4. The average Bonchev–Trinajstić information content (AvgIpc) is 3.32. The van der Waals surface area contributed by atoms with Crippen LogP contribution in [0.4, 0.5) is 0 Å². The number of benzene rings is 1. The summed E-state index contributed by atoms with van der Waals surface area (Å²) in [6.07, 6.45) is 2.35. The van der Waals surface area contributed by atoms with Crippen molar-refractivity contribution in [1.29, 1.82) is 0 Å². The molecule has 5 nitrogen and oxygen atoms in total. The Morgan fingerprint density at radius 1 is 1.26 bits per heavy atom. The Labute approximate surface area is 144 Å². The second-order valence-corrected chi connectivity index (χ2v) is 8.12. The summed E-state index contributed by atoms with van der Waals surface area (Å²) in [5.74, 6) is 0. The molecule has 0 aliphatic heterocycles. The molecular formula is C16H25N3O2S2. The maximum Gasteiger partial charge on any atom is 0.243 e. The molecule has 23 heavy (non-hydrogen) atoms. The molecule has 0 saturated heterocycles. The fraction of sp³-hybridized carbons (Fsp3) is 0.562. The van der Waals surface area contributed by atoms with Gasteiger partial charge in [-0.15, -0.1) is 0 Å². The molecule has 0 radical (unpaired) electrons. The largest absolute Gasteiger partial charge is 0.360 e. The van der Waals surface area contributed by atoms with Gasteiger partial charge in [-0.2, -0.15) is 4.31 Å². The first-order valence-corrected chi connectivity index (χ1v) is 9.90. The lowest BCUT2D eigenvalue weighted by molar-refractivity contribution is 0.445.